The van der Waals surface area contributed by atoms with Crippen LogP contribution < -0.4 is 0 Å². The summed E-state index contributed by atoms with van der Waals surface area (Å²) in [6, 6.07) is 7.46. The predicted molar refractivity (Wildman–Crippen MR) is 82.4 cm³/mol. The minimum atomic E-state index is -4.30. The monoisotopic (exact) mass is 347 g/mol. The van der Waals surface area contributed by atoms with E-state index in [2.05, 4.69) is 4.98 Å². The number of para-hydroxylation sites is 1. The van der Waals surface area contributed by atoms with Gasteiger partial charge in [0.1, 0.15) is 0 Å². The van der Waals surface area contributed by atoms with Gasteiger partial charge < -0.3 is 5.11 Å². The van der Waals surface area contributed by atoms with Gasteiger partial charge in [-0.3, -0.25) is 15.1 Å². The van der Waals surface area contributed by atoms with Crippen molar-refractivity contribution < 1.29 is 23.2 Å². The average molecular weight is 347 g/mol. The van der Waals surface area contributed by atoms with E-state index in [9.17, 15) is 23.3 Å². The molecule has 1 aromatic carbocycles. The number of hydrogen-bond donors (Lipinski definition) is 1. The van der Waals surface area contributed by atoms with E-state index in [-0.39, 0.29) is 16.6 Å². The highest BCUT2D eigenvalue weighted by Gasteiger charge is 2.28. The molecule has 0 aliphatic heterocycles. The smallest absolute Gasteiger partial charge is 0.337 e. The summed E-state index contributed by atoms with van der Waals surface area (Å²) in [5.74, 6) is -1.26. The quantitative estimate of drug-likeness (QED) is 0.562. The van der Waals surface area contributed by atoms with Crippen molar-refractivity contribution >= 4 is 32.7 Å². The first-order valence-electron chi connectivity index (χ1n) is 6.52. The Kier molecular flexibility index (Phi) is 3.53. The Morgan fingerprint density at radius 2 is 1.96 bits per heavy atom. The summed E-state index contributed by atoms with van der Waals surface area (Å²) in [7, 11) is -4.30. The van der Waals surface area contributed by atoms with E-state index >= 15 is 0 Å². The molecule has 2 aromatic heterocycles. The lowest BCUT2D eigenvalue weighted by Gasteiger charge is -2.08. The summed E-state index contributed by atoms with van der Waals surface area (Å²) in [6.45, 7) is 0. The third-order valence-corrected chi connectivity index (χ3v) is 5.09. The highest BCUT2D eigenvalue weighted by molar-refractivity contribution is 7.90. The van der Waals surface area contributed by atoms with Crippen molar-refractivity contribution in [2.45, 2.75) is 4.90 Å². The number of fused-ring (bicyclic) bond motifs is 1. The maximum absolute atomic E-state index is 12.8. The van der Waals surface area contributed by atoms with Crippen LogP contribution in [-0.4, -0.2) is 33.4 Å². The molecular formula is C14H9N3O6S. The number of rotatable bonds is 4. The lowest BCUT2D eigenvalue weighted by Crippen LogP contribution is -2.14. The maximum atomic E-state index is 12.8. The van der Waals surface area contributed by atoms with E-state index in [1.54, 1.807) is 0 Å². The van der Waals surface area contributed by atoms with Crippen LogP contribution >= 0.6 is 0 Å². The molecule has 1 N–H and O–H groups in total. The van der Waals surface area contributed by atoms with Crippen LogP contribution in [0.5, 0.6) is 0 Å². The number of aromatic nitrogens is 2. The third-order valence-electron chi connectivity index (χ3n) is 3.35. The molecule has 0 spiro atoms. The Labute approximate surface area is 135 Å². The van der Waals surface area contributed by atoms with Crippen LogP contribution in [0, 0.1) is 10.1 Å². The first-order chi connectivity index (χ1) is 11.3. The number of carboxylic acids is 1. The molecule has 24 heavy (non-hydrogen) atoms. The largest absolute Gasteiger partial charge is 0.478 e. The number of nitro groups is 1. The van der Waals surface area contributed by atoms with Crippen molar-refractivity contribution in [2.75, 3.05) is 0 Å². The first kappa shape index (κ1) is 15.6. The second-order valence-electron chi connectivity index (χ2n) is 4.77. The third kappa shape index (κ3) is 2.38. The van der Waals surface area contributed by atoms with Gasteiger partial charge >= 0.3 is 5.97 Å². The Bertz CT molecular complexity index is 1090. The number of benzene rings is 1. The van der Waals surface area contributed by atoms with E-state index in [0.717, 1.165) is 28.4 Å². The van der Waals surface area contributed by atoms with Crippen molar-refractivity contribution in [3.63, 3.8) is 0 Å². The normalized spacial score (nSPS) is 11.5. The summed E-state index contributed by atoms with van der Waals surface area (Å²) in [5, 5.41) is 20.1. The molecule has 0 amide bonds. The molecule has 0 radical (unpaired) electrons. The molecule has 0 fully saturated rings. The molecule has 0 aliphatic rings. The van der Waals surface area contributed by atoms with Crippen molar-refractivity contribution in [2.24, 2.45) is 0 Å². The van der Waals surface area contributed by atoms with Crippen LogP contribution in [0.4, 0.5) is 5.69 Å². The number of hydrogen-bond acceptors (Lipinski definition) is 6. The van der Waals surface area contributed by atoms with Gasteiger partial charge in [-0.1, -0.05) is 12.1 Å². The van der Waals surface area contributed by atoms with Crippen molar-refractivity contribution in [3.05, 3.63) is 64.5 Å². The zero-order chi connectivity index (χ0) is 17.5. The first-order valence-corrected chi connectivity index (χ1v) is 7.96. The second-order valence-corrected chi connectivity index (χ2v) is 6.56. The zero-order valence-electron chi connectivity index (χ0n) is 11.9. The van der Waals surface area contributed by atoms with Gasteiger partial charge in [-0.25, -0.2) is 17.2 Å². The zero-order valence-corrected chi connectivity index (χ0v) is 12.7. The Morgan fingerprint density at radius 3 is 2.62 bits per heavy atom. The lowest BCUT2D eigenvalue weighted by molar-refractivity contribution is -0.387. The minimum Gasteiger partial charge on any atom is -0.478 e. The molecule has 122 valence electrons. The summed E-state index contributed by atoms with van der Waals surface area (Å²) in [5.41, 5.74) is -0.489. The molecule has 0 bridgehead atoms. The van der Waals surface area contributed by atoms with Gasteiger partial charge in [0.2, 0.25) is 0 Å². The average Bonchev–Trinajstić information content (AvgIpc) is 2.98. The Hall–Kier alpha value is -3.27. The van der Waals surface area contributed by atoms with Crippen molar-refractivity contribution in [3.8, 4) is 0 Å². The fourth-order valence-corrected chi connectivity index (χ4v) is 3.74. The van der Waals surface area contributed by atoms with Gasteiger partial charge in [-0.2, -0.15) is 0 Å². The van der Waals surface area contributed by atoms with Crippen LogP contribution in [0.1, 0.15) is 10.4 Å². The number of carbonyl (C=O) groups is 1. The van der Waals surface area contributed by atoms with E-state index in [0.29, 0.717) is 0 Å². The van der Waals surface area contributed by atoms with Gasteiger partial charge in [-0.05, 0) is 18.2 Å². The number of nitro benzene ring substituents is 1. The molecule has 2 heterocycles. The van der Waals surface area contributed by atoms with Crippen LogP contribution in [0.3, 0.4) is 0 Å². The van der Waals surface area contributed by atoms with Gasteiger partial charge in [0.25, 0.3) is 15.7 Å². The van der Waals surface area contributed by atoms with E-state index < -0.39 is 31.5 Å². The van der Waals surface area contributed by atoms with Gasteiger partial charge in [0, 0.05) is 18.5 Å². The Morgan fingerprint density at radius 1 is 1.25 bits per heavy atom. The van der Waals surface area contributed by atoms with E-state index in [4.69, 9.17) is 5.11 Å². The van der Waals surface area contributed by atoms with Crippen LogP contribution in [0.25, 0.3) is 11.0 Å². The fourth-order valence-electron chi connectivity index (χ4n) is 2.25. The Balaban J connectivity index is 2.29. The summed E-state index contributed by atoms with van der Waals surface area (Å²) in [6.07, 6.45) is 2.28. The lowest BCUT2D eigenvalue weighted by atomic mass is 10.2. The van der Waals surface area contributed by atoms with E-state index in [1.165, 1.54) is 24.4 Å². The highest BCUT2D eigenvalue weighted by atomic mass is 32.2. The summed E-state index contributed by atoms with van der Waals surface area (Å²) < 4.78 is 26.4. The van der Waals surface area contributed by atoms with Crippen LogP contribution in [-0.2, 0) is 10.0 Å². The maximum Gasteiger partial charge on any atom is 0.337 e. The number of pyridine rings is 1. The van der Waals surface area contributed by atoms with Crippen molar-refractivity contribution in [1.82, 2.24) is 8.96 Å². The fraction of sp³-hybridized carbons (Fsp3) is 0. The molecule has 10 heteroatoms. The van der Waals surface area contributed by atoms with Gasteiger partial charge in [0.05, 0.1) is 21.5 Å². The van der Waals surface area contributed by atoms with Crippen LogP contribution in [0.2, 0.25) is 0 Å². The number of carboxylic acid groups (broad SMARTS) is 1. The summed E-state index contributed by atoms with van der Waals surface area (Å²) >= 11 is 0. The van der Waals surface area contributed by atoms with E-state index in [1.807, 2.05) is 0 Å². The molecule has 3 rings (SSSR count). The minimum absolute atomic E-state index is 0.0213. The predicted octanol–water partition coefficient (Wildman–Crippen LogP) is 1.88. The molecule has 0 saturated heterocycles. The second kappa shape index (κ2) is 5.42. The molecular weight excluding hydrogens is 338 g/mol. The molecule has 0 saturated carbocycles. The number of aromatic carboxylic acids is 1. The molecule has 0 unspecified atom stereocenters. The molecule has 3 aromatic rings. The highest BCUT2D eigenvalue weighted by Crippen LogP contribution is 2.28. The van der Waals surface area contributed by atoms with Crippen molar-refractivity contribution in [1.29, 1.82) is 0 Å². The molecule has 0 aliphatic carbocycles. The van der Waals surface area contributed by atoms with Gasteiger partial charge in [-0.15, -0.1) is 0 Å². The van der Waals surface area contributed by atoms with Crippen LogP contribution in [0.15, 0.2) is 53.7 Å². The molecule has 9 nitrogen and oxygen atoms in total. The van der Waals surface area contributed by atoms with Gasteiger partial charge in [0.15, 0.2) is 4.90 Å². The topological polar surface area (TPSA) is 132 Å². The summed E-state index contributed by atoms with van der Waals surface area (Å²) in [4.78, 5) is 24.7. The molecule has 0 atom stereocenters. The SMILES string of the molecule is O=C(O)c1cnc2ccn(S(=O)(=O)c3ccccc3[N+](=O)[O-])c2c1. The standard InChI is InChI=1S/C14H9N3O6S/c18-14(19)9-7-12-10(15-8-9)5-6-16(12)24(22,23)13-4-2-1-3-11(13)17(20)21/h1-8H,(H,18,19). The number of nitrogens with zero attached hydrogens (tertiary/aromatic N) is 3.